The number of nitrogens with zero attached hydrogens (tertiary/aromatic N) is 5. The lowest BCUT2D eigenvalue weighted by molar-refractivity contribution is 0.0594. The Kier molecular flexibility index (Phi) is 5.38. The summed E-state index contributed by atoms with van der Waals surface area (Å²) >= 11 is 6.16. The Bertz CT molecular complexity index is 1040. The van der Waals surface area contributed by atoms with E-state index < -0.39 is 5.60 Å². The van der Waals surface area contributed by atoms with Gasteiger partial charge < -0.3 is 14.4 Å². The lowest BCUT2D eigenvalue weighted by Gasteiger charge is -2.37. The number of carbonyl (C=O) groups is 1. The maximum Gasteiger partial charge on any atom is 0.256 e. The summed E-state index contributed by atoms with van der Waals surface area (Å²) in [4.78, 5) is 21.2. The highest BCUT2D eigenvalue weighted by atomic mass is 35.5. The minimum atomic E-state index is -1.20. The minimum Gasteiger partial charge on any atom is -0.429 e. The molecule has 1 N–H and O–H groups in total. The van der Waals surface area contributed by atoms with Gasteiger partial charge in [-0.3, -0.25) is 4.79 Å². The van der Waals surface area contributed by atoms with Gasteiger partial charge in [-0.2, -0.15) is 15.0 Å². The molecule has 1 aromatic carbocycles. The summed E-state index contributed by atoms with van der Waals surface area (Å²) in [5.41, 5.74) is 0.270. The van der Waals surface area contributed by atoms with Crippen molar-refractivity contribution >= 4 is 17.5 Å². The van der Waals surface area contributed by atoms with Crippen molar-refractivity contribution < 1.29 is 14.3 Å². The average Bonchev–Trinajstić information content (AvgIpc) is 3.37. The van der Waals surface area contributed by atoms with Crippen LogP contribution in [0.2, 0.25) is 5.22 Å². The molecule has 3 aromatic rings. The first-order valence-corrected chi connectivity index (χ1v) is 10.3. The van der Waals surface area contributed by atoms with Crippen LogP contribution in [0.25, 0.3) is 5.69 Å². The molecule has 1 aliphatic rings. The van der Waals surface area contributed by atoms with Crippen molar-refractivity contribution in [3.8, 4) is 5.69 Å². The number of para-hydroxylation sites is 1. The number of aromatic nitrogens is 4. The van der Waals surface area contributed by atoms with E-state index in [1.54, 1.807) is 32.3 Å². The lowest BCUT2D eigenvalue weighted by Crippen LogP contribution is -2.45. The zero-order valence-corrected chi connectivity index (χ0v) is 17.9. The number of amides is 1. The van der Waals surface area contributed by atoms with Crippen LogP contribution in [0.5, 0.6) is 0 Å². The quantitative estimate of drug-likeness (QED) is 0.681. The van der Waals surface area contributed by atoms with Gasteiger partial charge in [0.1, 0.15) is 11.3 Å². The summed E-state index contributed by atoms with van der Waals surface area (Å²) in [6.45, 7) is 5.70. The van der Waals surface area contributed by atoms with E-state index in [9.17, 15) is 9.90 Å². The predicted octanol–water partition coefficient (Wildman–Crippen LogP) is 3.54. The van der Waals surface area contributed by atoms with E-state index in [1.807, 2.05) is 30.0 Å². The third-order valence-electron chi connectivity index (χ3n) is 5.44. The number of aliphatic hydroxyl groups is 1. The van der Waals surface area contributed by atoms with Crippen molar-refractivity contribution in [2.75, 3.05) is 6.54 Å². The number of oxazole rings is 1. The smallest absolute Gasteiger partial charge is 0.256 e. The van der Waals surface area contributed by atoms with Crippen molar-refractivity contribution in [1.29, 1.82) is 0 Å². The van der Waals surface area contributed by atoms with Gasteiger partial charge in [-0.25, -0.2) is 4.98 Å². The van der Waals surface area contributed by atoms with Gasteiger partial charge >= 0.3 is 0 Å². The standard InChI is InChI=1S/C21H24ClN5O3/c1-13-8-9-14(19-25-17(18(22)30-19)21(2,3)29)12-26(13)20(28)15-6-4-5-7-16(15)27-23-10-11-24-27/h4-7,10-11,13-14,29H,8-9,12H2,1-3H3/t13-,14-/m1/s1. The fourth-order valence-electron chi connectivity index (χ4n) is 3.78. The highest BCUT2D eigenvalue weighted by molar-refractivity contribution is 6.29. The van der Waals surface area contributed by atoms with E-state index in [0.29, 0.717) is 29.4 Å². The van der Waals surface area contributed by atoms with Gasteiger partial charge in [0.2, 0.25) is 11.1 Å². The van der Waals surface area contributed by atoms with Crippen molar-refractivity contribution in [2.24, 2.45) is 0 Å². The molecule has 1 aliphatic heterocycles. The number of hydrogen-bond donors (Lipinski definition) is 1. The molecule has 1 saturated heterocycles. The van der Waals surface area contributed by atoms with E-state index in [0.717, 1.165) is 12.8 Å². The molecule has 2 aromatic heterocycles. The second kappa shape index (κ2) is 7.85. The zero-order chi connectivity index (χ0) is 21.5. The Morgan fingerprint density at radius 3 is 2.60 bits per heavy atom. The van der Waals surface area contributed by atoms with Gasteiger partial charge in [-0.15, -0.1) is 0 Å². The Hall–Kier alpha value is -2.71. The molecule has 3 heterocycles. The van der Waals surface area contributed by atoms with Crippen LogP contribution in [0.4, 0.5) is 0 Å². The molecule has 30 heavy (non-hydrogen) atoms. The summed E-state index contributed by atoms with van der Waals surface area (Å²) < 4.78 is 5.66. The fraction of sp³-hybridized carbons (Fsp3) is 0.429. The van der Waals surface area contributed by atoms with Crippen molar-refractivity contribution in [3.63, 3.8) is 0 Å². The van der Waals surface area contributed by atoms with Gasteiger partial charge in [-0.05, 0) is 57.3 Å². The molecule has 8 nitrogen and oxygen atoms in total. The molecule has 1 fully saturated rings. The topological polar surface area (TPSA) is 97.3 Å². The van der Waals surface area contributed by atoms with Crippen LogP contribution in [0, 0.1) is 0 Å². The Morgan fingerprint density at radius 1 is 1.23 bits per heavy atom. The molecule has 4 rings (SSSR count). The van der Waals surface area contributed by atoms with Crippen LogP contribution in [-0.4, -0.2) is 48.5 Å². The molecule has 9 heteroatoms. The molecular weight excluding hydrogens is 406 g/mol. The Morgan fingerprint density at radius 2 is 1.93 bits per heavy atom. The number of rotatable bonds is 4. The number of benzene rings is 1. The normalized spacial score (nSPS) is 19.8. The first kappa shape index (κ1) is 20.6. The van der Waals surface area contributed by atoms with Crippen LogP contribution >= 0.6 is 11.6 Å². The van der Waals surface area contributed by atoms with Crippen LogP contribution in [0.3, 0.4) is 0 Å². The third kappa shape index (κ3) is 3.85. The van der Waals surface area contributed by atoms with E-state index in [1.165, 1.54) is 4.80 Å². The van der Waals surface area contributed by atoms with Crippen molar-refractivity contribution in [1.82, 2.24) is 24.9 Å². The zero-order valence-electron chi connectivity index (χ0n) is 17.1. The summed E-state index contributed by atoms with van der Waals surface area (Å²) in [5, 5.41) is 18.7. The molecule has 2 atom stereocenters. The third-order valence-corrected chi connectivity index (χ3v) is 5.70. The lowest BCUT2D eigenvalue weighted by atomic mass is 9.92. The second-order valence-electron chi connectivity index (χ2n) is 8.15. The monoisotopic (exact) mass is 429 g/mol. The Balaban J connectivity index is 1.62. The van der Waals surface area contributed by atoms with E-state index >= 15 is 0 Å². The molecule has 0 bridgehead atoms. The number of halogens is 1. The second-order valence-corrected chi connectivity index (χ2v) is 8.49. The largest absolute Gasteiger partial charge is 0.429 e. The molecular formula is C21H24ClN5O3. The maximum absolute atomic E-state index is 13.5. The van der Waals surface area contributed by atoms with Crippen LogP contribution < -0.4 is 0 Å². The summed E-state index contributed by atoms with van der Waals surface area (Å²) in [6, 6.07) is 7.35. The van der Waals surface area contributed by atoms with Crippen LogP contribution in [-0.2, 0) is 5.60 Å². The highest BCUT2D eigenvalue weighted by Crippen LogP contribution is 2.35. The van der Waals surface area contributed by atoms with Crippen molar-refractivity contribution in [2.45, 2.75) is 51.2 Å². The van der Waals surface area contributed by atoms with Crippen molar-refractivity contribution in [3.05, 3.63) is 59.0 Å². The average molecular weight is 430 g/mol. The van der Waals surface area contributed by atoms with E-state index in [-0.39, 0.29) is 23.1 Å². The first-order chi connectivity index (χ1) is 14.3. The maximum atomic E-state index is 13.5. The molecule has 0 radical (unpaired) electrons. The number of carbonyl (C=O) groups excluding carboxylic acids is 1. The molecule has 0 unspecified atom stereocenters. The van der Waals surface area contributed by atoms with Gasteiger partial charge in [-0.1, -0.05) is 12.1 Å². The van der Waals surface area contributed by atoms with Gasteiger partial charge in [0.15, 0.2) is 0 Å². The summed E-state index contributed by atoms with van der Waals surface area (Å²) in [6.07, 6.45) is 4.77. The molecule has 0 spiro atoms. The SMILES string of the molecule is C[C@@H]1CC[C@@H](c2nc(C(C)(C)O)c(Cl)o2)CN1C(=O)c1ccccc1-n1nccn1. The molecule has 158 valence electrons. The highest BCUT2D eigenvalue weighted by Gasteiger charge is 2.35. The first-order valence-electron chi connectivity index (χ1n) is 9.91. The van der Waals surface area contributed by atoms with Gasteiger partial charge in [0, 0.05) is 12.6 Å². The van der Waals surface area contributed by atoms with E-state index in [4.69, 9.17) is 16.0 Å². The van der Waals surface area contributed by atoms with E-state index in [2.05, 4.69) is 15.2 Å². The van der Waals surface area contributed by atoms with Gasteiger partial charge in [0.05, 0.1) is 29.6 Å². The Labute approximate surface area is 179 Å². The van der Waals surface area contributed by atoms with Crippen LogP contribution in [0.1, 0.15) is 61.5 Å². The summed E-state index contributed by atoms with van der Waals surface area (Å²) in [5.74, 6) is 0.248. The number of hydrogen-bond acceptors (Lipinski definition) is 6. The number of piperidine rings is 1. The van der Waals surface area contributed by atoms with Crippen LogP contribution in [0.15, 0.2) is 41.1 Å². The number of likely N-dealkylation sites (tertiary alicyclic amines) is 1. The van der Waals surface area contributed by atoms with Gasteiger partial charge in [0.25, 0.3) is 5.91 Å². The molecule has 0 aliphatic carbocycles. The molecule has 1 amide bonds. The fourth-order valence-corrected chi connectivity index (χ4v) is 4.14. The minimum absolute atomic E-state index is 0.0616. The molecule has 0 saturated carbocycles. The predicted molar refractivity (Wildman–Crippen MR) is 111 cm³/mol. The summed E-state index contributed by atoms with van der Waals surface area (Å²) in [7, 11) is 0.